The Hall–Kier alpha value is -1.98. The third-order valence-electron chi connectivity index (χ3n) is 2.93. The summed E-state index contributed by atoms with van der Waals surface area (Å²) in [5, 5.41) is 2.51. The number of nitrogen functional groups attached to an aromatic ring is 1. The van der Waals surface area contributed by atoms with E-state index in [2.05, 4.69) is 5.32 Å². The molecule has 1 heterocycles. The maximum Gasteiger partial charge on any atom is 0.271 e. The number of hydrogen-bond acceptors (Lipinski definition) is 3. The van der Waals surface area contributed by atoms with Gasteiger partial charge in [-0.3, -0.25) is 9.59 Å². The molecule has 2 amide bonds. The molecule has 0 aliphatic carbocycles. The molecule has 3 N–H and O–H groups in total. The molecule has 1 aromatic heterocycles. The van der Waals surface area contributed by atoms with Crippen LogP contribution in [0.25, 0.3) is 0 Å². The van der Waals surface area contributed by atoms with Gasteiger partial charge in [-0.1, -0.05) is 0 Å². The Bertz CT molecular complexity index is 465. The molecule has 0 saturated carbocycles. The predicted molar refractivity (Wildman–Crippen MR) is 74.9 cm³/mol. The first-order valence-corrected chi connectivity index (χ1v) is 6.37. The summed E-state index contributed by atoms with van der Waals surface area (Å²) < 4.78 is 1.82. The number of nitrogens with two attached hydrogens (primary N) is 1. The molecule has 106 valence electrons. The Morgan fingerprint density at radius 3 is 2.58 bits per heavy atom. The van der Waals surface area contributed by atoms with Gasteiger partial charge in [-0.15, -0.1) is 0 Å². The Kier molecular flexibility index (Phi) is 4.97. The van der Waals surface area contributed by atoms with Crippen LogP contribution in [0.15, 0.2) is 12.3 Å². The van der Waals surface area contributed by atoms with Crippen molar-refractivity contribution < 1.29 is 9.59 Å². The van der Waals surface area contributed by atoms with Gasteiger partial charge in [0.15, 0.2) is 0 Å². The average Bonchev–Trinajstić information content (AvgIpc) is 2.77. The highest BCUT2D eigenvalue weighted by Crippen LogP contribution is 2.18. The summed E-state index contributed by atoms with van der Waals surface area (Å²) in [5.74, 6) is -0.373. The number of aromatic nitrogens is 1. The molecule has 0 radical (unpaired) electrons. The van der Waals surface area contributed by atoms with E-state index in [1.165, 1.54) is 4.90 Å². The number of nitrogens with one attached hydrogen (secondary N) is 1. The summed E-state index contributed by atoms with van der Waals surface area (Å²) in [6, 6.07) is 1.78. The van der Waals surface area contributed by atoms with Crippen LogP contribution in [0.1, 0.15) is 37.3 Å². The van der Waals surface area contributed by atoms with E-state index in [9.17, 15) is 9.59 Å². The lowest BCUT2D eigenvalue weighted by molar-refractivity contribution is -0.121. The number of likely N-dealkylation sites (N-methyl/N-ethyl adjacent to an activating group) is 2. The van der Waals surface area contributed by atoms with Crippen LogP contribution in [0, 0.1) is 0 Å². The van der Waals surface area contributed by atoms with Crippen molar-refractivity contribution in [2.24, 2.45) is 0 Å². The average molecular weight is 266 g/mol. The second-order valence-corrected chi connectivity index (χ2v) is 4.65. The molecule has 0 bridgehead atoms. The molecule has 0 fully saturated rings. The van der Waals surface area contributed by atoms with E-state index in [-0.39, 0.29) is 24.4 Å². The van der Waals surface area contributed by atoms with Crippen molar-refractivity contribution >= 4 is 17.5 Å². The van der Waals surface area contributed by atoms with Gasteiger partial charge in [-0.2, -0.15) is 0 Å². The topological polar surface area (TPSA) is 80.4 Å². The normalized spacial score (nSPS) is 10.6. The van der Waals surface area contributed by atoms with E-state index in [0.29, 0.717) is 17.9 Å². The lowest BCUT2D eigenvalue weighted by atomic mass is 10.3. The maximum absolute atomic E-state index is 12.4. The molecule has 0 aliphatic heterocycles. The smallest absolute Gasteiger partial charge is 0.271 e. The summed E-state index contributed by atoms with van der Waals surface area (Å²) in [4.78, 5) is 25.3. The van der Waals surface area contributed by atoms with Gasteiger partial charge >= 0.3 is 0 Å². The Labute approximate surface area is 113 Å². The lowest BCUT2D eigenvalue weighted by Crippen LogP contribution is -2.40. The molecule has 0 saturated heterocycles. The molecule has 19 heavy (non-hydrogen) atoms. The zero-order valence-electron chi connectivity index (χ0n) is 11.9. The Balaban J connectivity index is 3.00. The van der Waals surface area contributed by atoms with Gasteiger partial charge in [-0.05, 0) is 26.8 Å². The molecule has 1 rings (SSSR count). The van der Waals surface area contributed by atoms with E-state index >= 15 is 0 Å². The number of nitrogens with zero attached hydrogens (tertiary/aromatic N) is 2. The second-order valence-electron chi connectivity index (χ2n) is 4.65. The predicted octanol–water partition coefficient (Wildman–Crippen LogP) is 0.859. The largest absolute Gasteiger partial charge is 0.397 e. The number of hydrogen-bond donors (Lipinski definition) is 2. The minimum absolute atomic E-state index is 0.0506. The number of rotatable bonds is 5. The number of anilines is 1. The number of carbonyl (C=O) groups is 2. The van der Waals surface area contributed by atoms with Crippen molar-refractivity contribution in [2.75, 3.05) is 25.9 Å². The van der Waals surface area contributed by atoms with Crippen molar-refractivity contribution in [3.05, 3.63) is 18.0 Å². The molecule has 6 heteroatoms. The van der Waals surface area contributed by atoms with Crippen LogP contribution in [0.2, 0.25) is 0 Å². The third kappa shape index (κ3) is 3.49. The van der Waals surface area contributed by atoms with Crippen molar-refractivity contribution in [1.29, 1.82) is 0 Å². The minimum Gasteiger partial charge on any atom is -0.397 e. The maximum atomic E-state index is 12.4. The van der Waals surface area contributed by atoms with Crippen LogP contribution in [0.4, 0.5) is 5.69 Å². The molecule has 0 aromatic carbocycles. The fourth-order valence-electron chi connectivity index (χ4n) is 1.84. The van der Waals surface area contributed by atoms with Crippen LogP contribution in [-0.2, 0) is 4.79 Å². The summed E-state index contributed by atoms with van der Waals surface area (Å²) in [5.41, 5.74) is 6.81. The van der Waals surface area contributed by atoms with Crippen molar-refractivity contribution in [1.82, 2.24) is 14.8 Å². The van der Waals surface area contributed by atoms with Gasteiger partial charge in [0.05, 0.1) is 12.2 Å². The van der Waals surface area contributed by atoms with Crippen molar-refractivity contribution in [2.45, 2.75) is 26.8 Å². The molecule has 0 unspecified atom stereocenters. The third-order valence-corrected chi connectivity index (χ3v) is 2.93. The van der Waals surface area contributed by atoms with Gasteiger partial charge in [0, 0.05) is 25.8 Å². The Morgan fingerprint density at radius 2 is 2.11 bits per heavy atom. The Morgan fingerprint density at radius 1 is 1.47 bits per heavy atom. The van der Waals surface area contributed by atoms with Crippen LogP contribution in [-0.4, -0.2) is 41.4 Å². The SMILES string of the molecule is CCN(CC(=O)NC)C(=O)c1cc(N)cn1C(C)C. The van der Waals surface area contributed by atoms with Gasteiger partial charge < -0.3 is 20.5 Å². The van der Waals surface area contributed by atoms with Gasteiger partial charge in [0.1, 0.15) is 5.69 Å². The van der Waals surface area contributed by atoms with Gasteiger partial charge in [-0.25, -0.2) is 0 Å². The van der Waals surface area contributed by atoms with Crippen LogP contribution in [0.5, 0.6) is 0 Å². The fourth-order valence-corrected chi connectivity index (χ4v) is 1.84. The minimum atomic E-state index is -0.189. The first kappa shape index (κ1) is 15.1. The quantitative estimate of drug-likeness (QED) is 0.829. The molecule has 0 aliphatic rings. The van der Waals surface area contributed by atoms with E-state index < -0.39 is 0 Å². The lowest BCUT2D eigenvalue weighted by Gasteiger charge is -2.21. The zero-order valence-corrected chi connectivity index (χ0v) is 11.9. The summed E-state index contributed by atoms with van der Waals surface area (Å²) in [6.07, 6.45) is 1.74. The zero-order chi connectivity index (χ0) is 14.6. The first-order chi connectivity index (χ1) is 8.90. The van der Waals surface area contributed by atoms with Crippen molar-refractivity contribution in [3.63, 3.8) is 0 Å². The van der Waals surface area contributed by atoms with E-state index in [4.69, 9.17) is 5.73 Å². The van der Waals surface area contributed by atoms with E-state index in [1.54, 1.807) is 19.3 Å². The summed E-state index contributed by atoms with van der Waals surface area (Å²) in [6.45, 7) is 6.31. The second kappa shape index (κ2) is 6.26. The van der Waals surface area contributed by atoms with Crippen LogP contribution >= 0.6 is 0 Å². The fraction of sp³-hybridized carbons (Fsp3) is 0.538. The standard InChI is InChI=1S/C13H22N4O2/c1-5-16(8-12(18)15-4)13(19)11-6-10(14)7-17(11)9(2)3/h6-7,9H,5,8,14H2,1-4H3,(H,15,18). The monoisotopic (exact) mass is 266 g/mol. The molecular formula is C13H22N4O2. The highest BCUT2D eigenvalue weighted by molar-refractivity contribution is 5.96. The van der Waals surface area contributed by atoms with E-state index in [1.807, 2.05) is 25.3 Å². The van der Waals surface area contributed by atoms with E-state index in [0.717, 1.165) is 0 Å². The molecule has 1 aromatic rings. The van der Waals surface area contributed by atoms with Gasteiger partial charge in [0.25, 0.3) is 5.91 Å². The van der Waals surface area contributed by atoms with Crippen LogP contribution in [0.3, 0.4) is 0 Å². The molecule has 0 atom stereocenters. The summed E-state index contributed by atoms with van der Waals surface area (Å²) in [7, 11) is 1.55. The highest BCUT2D eigenvalue weighted by atomic mass is 16.2. The van der Waals surface area contributed by atoms with Crippen LogP contribution < -0.4 is 11.1 Å². The molecule has 0 spiro atoms. The first-order valence-electron chi connectivity index (χ1n) is 6.37. The number of amides is 2. The number of carbonyl (C=O) groups excluding carboxylic acids is 2. The summed E-state index contributed by atoms with van der Waals surface area (Å²) >= 11 is 0. The van der Waals surface area contributed by atoms with Crippen molar-refractivity contribution in [3.8, 4) is 0 Å². The molecular weight excluding hydrogens is 244 g/mol. The van der Waals surface area contributed by atoms with Gasteiger partial charge in [0.2, 0.25) is 5.91 Å². The molecule has 6 nitrogen and oxygen atoms in total. The highest BCUT2D eigenvalue weighted by Gasteiger charge is 2.21.